The first-order valence-electron chi connectivity index (χ1n) is 8.74. The highest BCUT2D eigenvalue weighted by Crippen LogP contribution is 2.23. The smallest absolute Gasteiger partial charge is 0.269 e. The summed E-state index contributed by atoms with van der Waals surface area (Å²) in [5.74, 6) is -0.758. The summed E-state index contributed by atoms with van der Waals surface area (Å²) >= 11 is 0. The fourth-order valence-electron chi connectivity index (χ4n) is 3.68. The van der Waals surface area contributed by atoms with Gasteiger partial charge in [0, 0.05) is 57.8 Å². The van der Waals surface area contributed by atoms with Crippen molar-refractivity contribution in [2.24, 2.45) is 0 Å². The number of piperazine rings is 1. The molecule has 1 unspecified atom stereocenters. The number of piperidine rings is 1. The molecule has 1 atom stereocenters. The van der Waals surface area contributed by atoms with E-state index in [-0.39, 0.29) is 17.9 Å². The minimum absolute atomic E-state index is 0.227. The topological polar surface area (TPSA) is 99.6 Å². The molecular weight excluding hydrogens is 324 g/mol. The highest BCUT2D eigenvalue weighted by atomic mass is 16.2. The molecule has 2 amide bonds. The second-order valence-electron chi connectivity index (χ2n) is 6.81. The maximum absolute atomic E-state index is 12.4. The first-order valence-corrected chi connectivity index (χ1v) is 8.74. The second kappa shape index (κ2) is 6.57. The number of carbonyl (C=O) groups is 2. The van der Waals surface area contributed by atoms with Crippen molar-refractivity contribution in [3.8, 4) is 0 Å². The van der Waals surface area contributed by atoms with Crippen molar-refractivity contribution in [2.75, 3.05) is 44.2 Å². The maximum atomic E-state index is 12.4. The largest absolute Gasteiger partial charge is 0.367 e. The van der Waals surface area contributed by atoms with Crippen molar-refractivity contribution in [3.05, 3.63) is 22.6 Å². The van der Waals surface area contributed by atoms with Gasteiger partial charge in [0.25, 0.3) is 11.5 Å². The van der Waals surface area contributed by atoms with Gasteiger partial charge in [-0.25, -0.2) is 4.68 Å². The normalized spacial score (nSPS) is 25.6. The fraction of sp³-hybridized carbons (Fsp3) is 0.625. The van der Waals surface area contributed by atoms with Crippen LogP contribution < -0.4 is 21.1 Å². The Morgan fingerprint density at radius 2 is 1.88 bits per heavy atom. The van der Waals surface area contributed by atoms with Crippen LogP contribution in [0.1, 0.15) is 18.9 Å². The van der Waals surface area contributed by atoms with E-state index in [0.717, 1.165) is 45.0 Å². The number of anilines is 1. The van der Waals surface area contributed by atoms with Gasteiger partial charge in [0.15, 0.2) is 0 Å². The van der Waals surface area contributed by atoms with Gasteiger partial charge in [0.1, 0.15) is 6.04 Å². The summed E-state index contributed by atoms with van der Waals surface area (Å²) in [7, 11) is 0. The van der Waals surface area contributed by atoms with E-state index in [0.29, 0.717) is 12.5 Å². The molecule has 25 heavy (non-hydrogen) atoms. The highest BCUT2D eigenvalue weighted by Gasteiger charge is 2.34. The number of imide groups is 1. The highest BCUT2D eigenvalue weighted by molar-refractivity contribution is 5.99. The Hall–Kier alpha value is -2.26. The van der Waals surface area contributed by atoms with Crippen molar-refractivity contribution in [1.29, 1.82) is 0 Å². The van der Waals surface area contributed by atoms with Gasteiger partial charge in [-0.3, -0.25) is 24.6 Å². The molecular formula is C16H22N6O3. The minimum atomic E-state index is -0.704. The van der Waals surface area contributed by atoms with Crippen molar-refractivity contribution in [3.63, 3.8) is 0 Å². The Kier molecular flexibility index (Phi) is 4.26. The Bertz CT molecular complexity index is 736. The van der Waals surface area contributed by atoms with Crippen molar-refractivity contribution < 1.29 is 9.59 Å². The molecule has 0 spiro atoms. The Morgan fingerprint density at radius 3 is 2.56 bits per heavy atom. The monoisotopic (exact) mass is 346 g/mol. The first-order chi connectivity index (χ1) is 12.1. The summed E-state index contributed by atoms with van der Waals surface area (Å²) in [6, 6.07) is 1.36. The van der Waals surface area contributed by atoms with E-state index in [1.165, 1.54) is 10.7 Å². The maximum Gasteiger partial charge on any atom is 0.269 e. The number of aromatic nitrogens is 2. The lowest BCUT2D eigenvalue weighted by Gasteiger charge is -2.47. The van der Waals surface area contributed by atoms with Crippen LogP contribution >= 0.6 is 0 Å². The van der Waals surface area contributed by atoms with E-state index < -0.39 is 11.9 Å². The van der Waals surface area contributed by atoms with E-state index in [2.05, 4.69) is 25.5 Å². The number of nitrogens with zero attached hydrogens (tertiary/aromatic N) is 4. The zero-order valence-electron chi connectivity index (χ0n) is 14.0. The first kappa shape index (κ1) is 16.2. The average molecular weight is 346 g/mol. The van der Waals surface area contributed by atoms with Crippen LogP contribution in [0.2, 0.25) is 0 Å². The molecule has 9 nitrogen and oxygen atoms in total. The van der Waals surface area contributed by atoms with Crippen LogP contribution in [0.4, 0.5) is 5.69 Å². The van der Waals surface area contributed by atoms with Crippen LogP contribution in [0.25, 0.3) is 0 Å². The molecule has 3 fully saturated rings. The van der Waals surface area contributed by atoms with Gasteiger partial charge in [0.05, 0.1) is 11.9 Å². The summed E-state index contributed by atoms with van der Waals surface area (Å²) in [5.41, 5.74) is 0.484. The van der Waals surface area contributed by atoms with Crippen molar-refractivity contribution >= 4 is 17.5 Å². The number of amides is 2. The molecule has 4 rings (SSSR count). The number of carbonyl (C=O) groups excluding carboxylic acids is 2. The summed E-state index contributed by atoms with van der Waals surface area (Å²) in [5, 5.41) is 9.79. The molecule has 1 aromatic rings. The van der Waals surface area contributed by atoms with E-state index in [4.69, 9.17) is 0 Å². The lowest BCUT2D eigenvalue weighted by Crippen LogP contribution is -2.63. The molecule has 0 saturated carbocycles. The zero-order valence-corrected chi connectivity index (χ0v) is 14.0. The fourth-order valence-corrected chi connectivity index (χ4v) is 3.68. The summed E-state index contributed by atoms with van der Waals surface area (Å²) < 4.78 is 1.18. The average Bonchev–Trinajstić information content (AvgIpc) is 2.56. The third-order valence-corrected chi connectivity index (χ3v) is 5.21. The number of rotatable bonds is 3. The lowest BCUT2D eigenvalue weighted by molar-refractivity contribution is -0.136. The predicted octanol–water partition coefficient (Wildman–Crippen LogP) is -1.69. The molecule has 1 aromatic heterocycles. The summed E-state index contributed by atoms with van der Waals surface area (Å²) in [6.07, 6.45) is 2.18. The van der Waals surface area contributed by atoms with E-state index in [9.17, 15) is 14.4 Å². The predicted molar refractivity (Wildman–Crippen MR) is 90.4 cm³/mol. The lowest BCUT2D eigenvalue weighted by atomic mass is 10.1. The van der Waals surface area contributed by atoms with Crippen LogP contribution in [0, 0.1) is 0 Å². The molecule has 2 N–H and O–H groups in total. The molecule has 3 aliphatic rings. The quantitative estimate of drug-likeness (QED) is 0.630. The van der Waals surface area contributed by atoms with E-state index in [1.54, 1.807) is 6.20 Å². The van der Waals surface area contributed by atoms with Gasteiger partial charge in [-0.05, 0) is 6.42 Å². The SMILES string of the molecule is O=C1CCC(n2ncc(N3CC(N4CCNCC4)C3)cc2=O)C(=O)N1. The van der Waals surface area contributed by atoms with Crippen LogP contribution in [0.15, 0.2) is 17.1 Å². The molecule has 134 valence electrons. The number of hydrogen-bond donors (Lipinski definition) is 2. The van der Waals surface area contributed by atoms with Crippen LogP contribution in [-0.4, -0.2) is 71.8 Å². The number of nitrogens with one attached hydrogen (secondary N) is 2. The number of hydrogen-bond acceptors (Lipinski definition) is 7. The Labute approximate surface area is 145 Å². The molecule has 4 heterocycles. The molecule has 9 heteroatoms. The van der Waals surface area contributed by atoms with Gasteiger partial charge in [-0.1, -0.05) is 0 Å². The molecule has 0 bridgehead atoms. The third kappa shape index (κ3) is 3.16. The summed E-state index contributed by atoms with van der Waals surface area (Å²) in [4.78, 5) is 40.1. The van der Waals surface area contributed by atoms with Crippen molar-refractivity contribution in [2.45, 2.75) is 24.9 Å². The summed E-state index contributed by atoms with van der Waals surface area (Å²) in [6.45, 7) is 5.97. The van der Waals surface area contributed by atoms with Crippen molar-refractivity contribution in [1.82, 2.24) is 25.3 Å². The van der Waals surface area contributed by atoms with Crippen LogP contribution in [0.5, 0.6) is 0 Å². The Morgan fingerprint density at radius 1 is 1.12 bits per heavy atom. The minimum Gasteiger partial charge on any atom is -0.367 e. The van der Waals surface area contributed by atoms with Gasteiger partial charge >= 0.3 is 0 Å². The van der Waals surface area contributed by atoms with Gasteiger partial charge < -0.3 is 10.2 Å². The molecule has 3 saturated heterocycles. The van der Waals surface area contributed by atoms with Crippen LogP contribution in [-0.2, 0) is 9.59 Å². The van der Waals surface area contributed by atoms with Gasteiger partial charge in [-0.2, -0.15) is 5.10 Å². The molecule has 0 aliphatic carbocycles. The van der Waals surface area contributed by atoms with Gasteiger partial charge in [-0.15, -0.1) is 0 Å². The van der Waals surface area contributed by atoms with E-state index in [1.807, 2.05) is 0 Å². The third-order valence-electron chi connectivity index (χ3n) is 5.21. The standard InChI is InChI=1S/C16H22N6O3/c23-14-2-1-13(16(25)19-14)22-15(24)7-11(8-18-22)21-9-12(10-21)20-5-3-17-4-6-20/h7-8,12-13,17H,1-6,9-10H2,(H,19,23,25). The van der Waals surface area contributed by atoms with Crippen LogP contribution in [0.3, 0.4) is 0 Å². The molecule has 0 aromatic carbocycles. The molecule has 0 radical (unpaired) electrons. The van der Waals surface area contributed by atoms with E-state index >= 15 is 0 Å². The second-order valence-corrected chi connectivity index (χ2v) is 6.81. The van der Waals surface area contributed by atoms with Gasteiger partial charge in [0.2, 0.25) is 5.91 Å². The zero-order chi connectivity index (χ0) is 17.4. The molecule has 3 aliphatic heterocycles. The Balaban J connectivity index is 1.42.